The number of aromatic nitrogens is 3. The van der Waals surface area contributed by atoms with Crippen LogP contribution in [0.5, 0.6) is 0 Å². The summed E-state index contributed by atoms with van der Waals surface area (Å²) in [7, 11) is 2.44. The molecule has 1 aromatic rings. The average molecular weight is 343 g/mol. The second-order valence-corrected chi connectivity index (χ2v) is 5.00. The lowest BCUT2D eigenvalue weighted by Gasteiger charge is -2.10. The number of carbonyl (C=O) groups is 2. The Labute approximate surface area is 141 Å². The minimum Gasteiger partial charge on any atom is -0.468 e. The van der Waals surface area contributed by atoms with E-state index < -0.39 is 17.9 Å². The summed E-state index contributed by atoms with van der Waals surface area (Å²) in [6.45, 7) is 4.85. The summed E-state index contributed by atoms with van der Waals surface area (Å²) in [5.74, 6) is -2.37. The van der Waals surface area contributed by atoms with Crippen LogP contribution < -0.4 is 0 Å². The van der Waals surface area contributed by atoms with Gasteiger partial charge in [0.25, 0.3) is 0 Å². The van der Waals surface area contributed by atoms with Crippen LogP contribution in [0.2, 0.25) is 0 Å². The Balaban J connectivity index is 2.39. The van der Waals surface area contributed by atoms with Gasteiger partial charge in [0.05, 0.1) is 46.3 Å². The second-order valence-electron chi connectivity index (χ2n) is 5.00. The number of esters is 2. The van der Waals surface area contributed by atoms with Crippen LogP contribution in [0.15, 0.2) is 6.20 Å². The van der Waals surface area contributed by atoms with Crippen molar-refractivity contribution in [3.05, 3.63) is 11.9 Å². The monoisotopic (exact) mass is 343 g/mol. The molecule has 1 aromatic heterocycles. The summed E-state index contributed by atoms with van der Waals surface area (Å²) >= 11 is 0. The number of carbonyl (C=O) groups excluding carboxylic acids is 2. The van der Waals surface area contributed by atoms with E-state index in [1.165, 1.54) is 14.2 Å². The Kier molecular flexibility index (Phi) is 9.62. The van der Waals surface area contributed by atoms with E-state index in [2.05, 4.69) is 19.8 Å². The molecule has 0 aliphatic carbocycles. The standard InChI is InChI=1S/C15H25N3O6/c1-4-6-23-8-9-24-7-5-18-11-12(16-17-18)10-13(14(19)21-2)15(20)22-3/h11,13H,4-10H2,1-3H3. The van der Waals surface area contributed by atoms with Crippen LogP contribution in [-0.4, -0.2) is 67.6 Å². The van der Waals surface area contributed by atoms with E-state index in [0.717, 1.165) is 13.0 Å². The lowest BCUT2D eigenvalue weighted by atomic mass is 10.0. The average Bonchev–Trinajstić information content (AvgIpc) is 3.05. The summed E-state index contributed by atoms with van der Waals surface area (Å²) < 4.78 is 21.5. The first kappa shape index (κ1) is 20.0. The number of rotatable bonds is 12. The van der Waals surface area contributed by atoms with Gasteiger partial charge in [-0.25, -0.2) is 4.68 Å². The third kappa shape index (κ3) is 7.05. The zero-order valence-electron chi connectivity index (χ0n) is 14.4. The van der Waals surface area contributed by atoms with Crippen LogP contribution in [0.1, 0.15) is 19.0 Å². The van der Waals surface area contributed by atoms with Crippen LogP contribution in [0.4, 0.5) is 0 Å². The molecule has 0 radical (unpaired) electrons. The van der Waals surface area contributed by atoms with Crippen molar-refractivity contribution in [2.24, 2.45) is 5.92 Å². The van der Waals surface area contributed by atoms with Gasteiger partial charge in [-0.3, -0.25) is 9.59 Å². The van der Waals surface area contributed by atoms with E-state index in [4.69, 9.17) is 9.47 Å². The van der Waals surface area contributed by atoms with Gasteiger partial charge >= 0.3 is 11.9 Å². The molecule has 0 aliphatic heterocycles. The van der Waals surface area contributed by atoms with Crippen molar-refractivity contribution in [1.82, 2.24) is 15.0 Å². The largest absolute Gasteiger partial charge is 0.468 e. The third-order valence-corrected chi connectivity index (χ3v) is 3.16. The van der Waals surface area contributed by atoms with Gasteiger partial charge in [-0.2, -0.15) is 0 Å². The first-order valence-corrected chi connectivity index (χ1v) is 7.82. The summed E-state index contributed by atoms with van der Waals surface area (Å²) in [6, 6.07) is 0. The molecule has 0 aromatic carbocycles. The molecule has 24 heavy (non-hydrogen) atoms. The van der Waals surface area contributed by atoms with Crippen LogP contribution in [0.25, 0.3) is 0 Å². The zero-order chi connectivity index (χ0) is 17.8. The molecule has 0 saturated carbocycles. The van der Waals surface area contributed by atoms with Crippen molar-refractivity contribution in [1.29, 1.82) is 0 Å². The summed E-state index contributed by atoms with van der Waals surface area (Å²) in [4.78, 5) is 23.3. The van der Waals surface area contributed by atoms with Crippen molar-refractivity contribution in [3.8, 4) is 0 Å². The van der Waals surface area contributed by atoms with Gasteiger partial charge in [-0.05, 0) is 6.42 Å². The fraction of sp³-hybridized carbons (Fsp3) is 0.733. The maximum Gasteiger partial charge on any atom is 0.320 e. The number of hydrogen-bond donors (Lipinski definition) is 0. The molecule has 9 heteroatoms. The van der Waals surface area contributed by atoms with Crippen molar-refractivity contribution < 1.29 is 28.5 Å². The molecule has 0 atom stereocenters. The maximum absolute atomic E-state index is 11.6. The normalized spacial score (nSPS) is 10.8. The molecule has 0 amide bonds. The molecule has 0 aliphatic rings. The van der Waals surface area contributed by atoms with Crippen LogP contribution in [0.3, 0.4) is 0 Å². The van der Waals surface area contributed by atoms with Gasteiger partial charge in [0, 0.05) is 19.2 Å². The van der Waals surface area contributed by atoms with E-state index in [0.29, 0.717) is 32.1 Å². The van der Waals surface area contributed by atoms with Crippen molar-refractivity contribution in [2.75, 3.05) is 40.6 Å². The van der Waals surface area contributed by atoms with Crippen LogP contribution in [-0.2, 0) is 41.5 Å². The van der Waals surface area contributed by atoms with E-state index in [9.17, 15) is 9.59 Å². The molecule has 0 saturated heterocycles. The number of methoxy groups -OCH3 is 2. The molecule has 0 N–H and O–H groups in total. The Morgan fingerprint density at radius 3 is 2.29 bits per heavy atom. The molecule has 9 nitrogen and oxygen atoms in total. The van der Waals surface area contributed by atoms with E-state index in [-0.39, 0.29) is 6.42 Å². The van der Waals surface area contributed by atoms with Gasteiger partial charge < -0.3 is 18.9 Å². The number of ether oxygens (including phenoxy) is 4. The molecule has 0 bridgehead atoms. The highest BCUT2D eigenvalue weighted by Gasteiger charge is 2.29. The number of nitrogens with zero attached hydrogens (tertiary/aromatic N) is 3. The van der Waals surface area contributed by atoms with Crippen LogP contribution in [0, 0.1) is 5.92 Å². The fourth-order valence-corrected chi connectivity index (χ4v) is 1.92. The molecule has 0 fully saturated rings. The highest BCUT2D eigenvalue weighted by atomic mass is 16.5. The highest BCUT2D eigenvalue weighted by Crippen LogP contribution is 2.10. The maximum atomic E-state index is 11.6. The first-order valence-electron chi connectivity index (χ1n) is 7.82. The van der Waals surface area contributed by atoms with E-state index >= 15 is 0 Å². The smallest absolute Gasteiger partial charge is 0.320 e. The molecule has 1 heterocycles. The first-order chi connectivity index (χ1) is 11.6. The minimum atomic E-state index is -1.04. The van der Waals surface area contributed by atoms with Gasteiger partial charge in [0.15, 0.2) is 5.92 Å². The Bertz CT molecular complexity index is 489. The predicted molar refractivity (Wildman–Crippen MR) is 83.2 cm³/mol. The highest BCUT2D eigenvalue weighted by molar-refractivity contribution is 5.95. The number of hydrogen-bond acceptors (Lipinski definition) is 8. The van der Waals surface area contributed by atoms with Crippen molar-refractivity contribution in [3.63, 3.8) is 0 Å². The molecular weight excluding hydrogens is 318 g/mol. The van der Waals surface area contributed by atoms with Gasteiger partial charge in [0.1, 0.15) is 0 Å². The van der Waals surface area contributed by atoms with E-state index in [1.807, 2.05) is 6.92 Å². The molecule has 1 rings (SSSR count). The lowest BCUT2D eigenvalue weighted by molar-refractivity contribution is -0.158. The van der Waals surface area contributed by atoms with Crippen molar-refractivity contribution in [2.45, 2.75) is 26.3 Å². The Morgan fingerprint density at radius 2 is 1.71 bits per heavy atom. The van der Waals surface area contributed by atoms with Gasteiger partial charge in [0.2, 0.25) is 0 Å². The fourth-order valence-electron chi connectivity index (χ4n) is 1.92. The predicted octanol–water partition coefficient (Wildman–Crippen LogP) is 0.226. The third-order valence-electron chi connectivity index (χ3n) is 3.16. The molecule has 0 spiro atoms. The Morgan fingerprint density at radius 1 is 1.08 bits per heavy atom. The molecule has 136 valence electrons. The quantitative estimate of drug-likeness (QED) is 0.302. The SMILES string of the molecule is CCCOCCOCCn1cc(CC(C(=O)OC)C(=O)OC)nn1. The van der Waals surface area contributed by atoms with Crippen LogP contribution >= 0.6 is 0 Å². The van der Waals surface area contributed by atoms with E-state index in [1.54, 1.807) is 10.9 Å². The van der Waals surface area contributed by atoms with Gasteiger partial charge in [-0.15, -0.1) is 5.10 Å². The second kappa shape index (κ2) is 11.5. The van der Waals surface area contributed by atoms with Gasteiger partial charge in [-0.1, -0.05) is 12.1 Å². The zero-order valence-corrected chi connectivity index (χ0v) is 14.4. The molecular formula is C15H25N3O6. The Hall–Kier alpha value is -2.00. The summed E-state index contributed by atoms with van der Waals surface area (Å²) in [5, 5.41) is 7.88. The molecule has 0 unspecified atom stereocenters. The minimum absolute atomic E-state index is 0.0745. The summed E-state index contributed by atoms with van der Waals surface area (Å²) in [6.07, 6.45) is 2.72. The lowest BCUT2D eigenvalue weighted by Crippen LogP contribution is -2.28. The summed E-state index contributed by atoms with van der Waals surface area (Å²) in [5.41, 5.74) is 0.502. The van der Waals surface area contributed by atoms with Crippen molar-refractivity contribution >= 4 is 11.9 Å². The topological polar surface area (TPSA) is 102 Å².